The molecule has 0 N–H and O–H groups in total. The highest BCUT2D eigenvalue weighted by atomic mass is 32.2. The molecule has 1 fully saturated rings. The number of carbonyl (C=O) groups excluding carboxylic acids is 1. The van der Waals surface area contributed by atoms with E-state index in [1.54, 1.807) is 23.5 Å². The van der Waals surface area contributed by atoms with Gasteiger partial charge in [-0.15, -0.1) is 29.3 Å². The average molecular weight is 256 g/mol. The molecule has 0 aromatic rings. The fourth-order valence-electron chi connectivity index (χ4n) is 1.80. The third kappa shape index (κ3) is 3.44. The van der Waals surface area contributed by atoms with Crippen LogP contribution in [0.25, 0.3) is 0 Å². The van der Waals surface area contributed by atoms with Crippen LogP contribution in [0.4, 0.5) is 0 Å². The molecule has 1 saturated heterocycles. The Bertz CT molecular complexity index is 274. The van der Waals surface area contributed by atoms with Gasteiger partial charge in [0.15, 0.2) is 6.29 Å². The molecule has 0 unspecified atom stereocenters. The van der Waals surface area contributed by atoms with Crippen molar-refractivity contribution >= 4 is 29.8 Å². The zero-order valence-electron chi connectivity index (χ0n) is 9.96. The molecular weight excluding hydrogens is 236 g/mol. The second kappa shape index (κ2) is 7.26. The molecule has 0 aromatic carbocycles. The highest BCUT2D eigenvalue weighted by molar-refractivity contribution is 8.20. The minimum Gasteiger partial charge on any atom is -0.300 e. The average Bonchev–Trinajstić information content (AvgIpc) is 2.35. The summed E-state index contributed by atoms with van der Waals surface area (Å²) in [5.74, 6) is 2.15. The van der Waals surface area contributed by atoms with Crippen molar-refractivity contribution < 1.29 is 4.79 Å². The number of rotatable bonds is 6. The first kappa shape index (κ1) is 14.0. The Kier molecular flexibility index (Phi) is 6.33. The third-order valence-corrected chi connectivity index (χ3v) is 5.98. The minimum atomic E-state index is -0.367. The molecular formula is C13H20OS2. The van der Waals surface area contributed by atoms with Gasteiger partial charge in [0.25, 0.3) is 0 Å². The summed E-state index contributed by atoms with van der Waals surface area (Å²) in [6.45, 7) is 5.95. The van der Waals surface area contributed by atoms with Gasteiger partial charge in [0, 0.05) is 5.57 Å². The zero-order chi connectivity index (χ0) is 11.9. The highest BCUT2D eigenvalue weighted by Gasteiger charge is 2.36. The van der Waals surface area contributed by atoms with Crippen molar-refractivity contribution in [3.8, 4) is 0 Å². The number of hydrogen-bond donors (Lipinski definition) is 0. The lowest BCUT2D eigenvalue weighted by Crippen LogP contribution is -2.29. The van der Waals surface area contributed by atoms with Gasteiger partial charge >= 0.3 is 0 Å². The van der Waals surface area contributed by atoms with E-state index in [0.29, 0.717) is 0 Å². The maximum atomic E-state index is 11.4. The van der Waals surface area contributed by atoms with E-state index in [9.17, 15) is 4.79 Å². The molecule has 1 heterocycles. The molecule has 16 heavy (non-hydrogen) atoms. The Balaban J connectivity index is 2.67. The molecule has 1 aliphatic heterocycles. The molecule has 0 spiro atoms. The van der Waals surface area contributed by atoms with Crippen LogP contribution in [0.2, 0.25) is 0 Å². The van der Waals surface area contributed by atoms with Crippen molar-refractivity contribution in [1.29, 1.82) is 0 Å². The summed E-state index contributed by atoms with van der Waals surface area (Å²) >= 11 is 3.51. The van der Waals surface area contributed by atoms with E-state index in [1.807, 2.05) is 0 Å². The van der Waals surface area contributed by atoms with Gasteiger partial charge in [-0.05, 0) is 30.8 Å². The van der Waals surface area contributed by atoms with E-state index < -0.39 is 0 Å². The highest BCUT2D eigenvalue weighted by Crippen LogP contribution is 2.46. The molecule has 0 atom stereocenters. The zero-order valence-corrected chi connectivity index (χ0v) is 11.6. The molecule has 3 heteroatoms. The minimum absolute atomic E-state index is 0.367. The van der Waals surface area contributed by atoms with Gasteiger partial charge in [-0.3, -0.25) is 0 Å². The number of unbranched alkanes of at least 4 members (excludes halogenated alkanes) is 2. The first-order chi connectivity index (χ1) is 7.79. The molecule has 1 aliphatic rings. The van der Waals surface area contributed by atoms with Gasteiger partial charge in [0.2, 0.25) is 0 Å². The SMILES string of the molecule is C=C=C(CCCCC)C1(C=O)SCCCS1. The molecule has 1 rings (SSSR count). The van der Waals surface area contributed by atoms with E-state index in [4.69, 9.17) is 0 Å². The Morgan fingerprint density at radius 2 is 2.12 bits per heavy atom. The third-order valence-electron chi connectivity index (χ3n) is 2.74. The molecule has 1 nitrogen and oxygen atoms in total. The predicted octanol–water partition coefficient (Wildman–Crippen LogP) is 4.04. The standard InChI is InChI=1S/C13H20OS2/c1-3-5-6-8-12(4-2)13(11-14)15-9-7-10-16-13/h11H,2-3,5-10H2,1H3. The lowest BCUT2D eigenvalue weighted by Gasteiger charge is -2.32. The van der Waals surface area contributed by atoms with Gasteiger partial charge in [0.05, 0.1) is 0 Å². The van der Waals surface area contributed by atoms with E-state index in [0.717, 1.165) is 36.2 Å². The summed E-state index contributed by atoms with van der Waals surface area (Å²) in [4.78, 5) is 11.4. The summed E-state index contributed by atoms with van der Waals surface area (Å²) in [6, 6.07) is 0. The first-order valence-electron chi connectivity index (χ1n) is 5.92. The molecule has 0 saturated carbocycles. The second-order valence-electron chi connectivity index (χ2n) is 3.95. The van der Waals surface area contributed by atoms with Crippen LogP contribution in [0, 0.1) is 0 Å². The second-order valence-corrected chi connectivity index (χ2v) is 6.89. The summed E-state index contributed by atoms with van der Waals surface area (Å²) < 4.78 is -0.367. The van der Waals surface area contributed by atoms with E-state index in [2.05, 4.69) is 19.2 Å². The summed E-state index contributed by atoms with van der Waals surface area (Å²) in [5.41, 5.74) is 4.12. The van der Waals surface area contributed by atoms with Gasteiger partial charge in [-0.2, -0.15) is 0 Å². The van der Waals surface area contributed by atoms with Crippen LogP contribution in [-0.4, -0.2) is 21.9 Å². The lowest BCUT2D eigenvalue weighted by atomic mass is 10.1. The molecule has 0 radical (unpaired) electrons. The maximum Gasteiger partial charge on any atom is 0.150 e. The fourth-order valence-corrected chi connectivity index (χ4v) is 4.83. The number of thioether (sulfide) groups is 2. The molecule has 90 valence electrons. The normalized spacial score (nSPS) is 18.8. The van der Waals surface area contributed by atoms with Gasteiger partial charge in [0.1, 0.15) is 4.08 Å². The number of aldehydes is 1. The van der Waals surface area contributed by atoms with Gasteiger partial charge in [-0.25, -0.2) is 0 Å². The Morgan fingerprint density at radius 1 is 1.44 bits per heavy atom. The Labute approximate surface area is 107 Å². The smallest absolute Gasteiger partial charge is 0.150 e. The summed E-state index contributed by atoms with van der Waals surface area (Å²) in [5, 5.41) is 0. The van der Waals surface area contributed by atoms with Crippen molar-refractivity contribution in [2.24, 2.45) is 0 Å². The van der Waals surface area contributed by atoms with Crippen LogP contribution in [0.3, 0.4) is 0 Å². The molecule has 0 bridgehead atoms. The van der Waals surface area contributed by atoms with E-state index in [-0.39, 0.29) is 4.08 Å². The monoisotopic (exact) mass is 256 g/mol. The largest absolute Gasteiger partial charge is 0.300 e. The van der Waals surface area contributed by atoms with Crippen LogP contribution >= 0.6 is 23.5 Å². The van der Waals surface area contributed by atoms with Crippen molar-refractivity contribution in [2.45, 2.75) is 43.1 Å². The van der Waals surface area contributed by atoms with Crippen LogP contribution in [0.5, 0.6) is 0 Å². The number of hydrogen-bond acceptors (Lipinski definition) is 3. The van der Waals surface area contributed by atoms with Crippen LogP contribution in [0.15, 0.2) is 17.9 Å². The van der Waals surface area contributed by atoms with Gasteiger partial charge < -0.3 is 4.79 Å². The van der Waals surface area contributed by atoms with E-state index in [1.165, 1.54) is 19.3 Å². The Hall–Kier alpha value is -0.110. The summed E-state index contributed by atoms with van der Waals surface area (Å²) in [6.07, 6.45) is 6.83. The van der Waals surface area contributed by atoms with Crippen molar-refractivity contribution in [1.82, 2.24) is 0 Å². The molecule has 0 aromatic heterocycles. The first-order valence-corrected chi connectivity index (χ1v) is 7.90. The predicted molar refractivity (Wildman–Crippen MR) is 75.1 cm³/mol. The van der Waals surface area contributed by atoms with Crippen molar-refractivity contribution in [2.75, 3.05) is 11.5 Å². The number of carbonyl (C=O) groups is 1. The van der Waals surface area contributed by atoms with Gasteiger partial charge in [-0.1, -0.05) is 26.3 Å². The maximum absolute atomic E-state index is 11.4. The van der Waals surface area contributed by atoms with Crippen LogP contribution in [-0.2, 0) is 4.79 Å². The molecule has 0 aliphatic carbocycles. The van der Waals surface area contributed by atoms with E-state index >= 15 is 0 Å². The lowest BCUT2D eigenvalue weighted by molar-refractivity contribution is -0.107. The fraction of sp³-hybridized carbons (Fsp3) is 0.692. The van der Waals surface area contributed by atoms with Crippen molar-refractivity contribution in [3.05, 3.63) is 17.9 Å². The van der Waals surface area contributed by atoms with Crippen LogP contribution < -0.4 is 0 Å². The quantitative estimate of drug-likeness (QED) is 0.405. The Morgan fingerprint density at radius 3 is 2.62 bits per heavy atom. The topological polar surface area (TPSA) is 17.1 Å². The summed E-state index contributed by atoms with van der Waals surface area (Å²) in [7, 11) is 0. The van der Waals surface area contributed by atoms with Crippen molar-refractivity contribution in [3.63, 3.8) is 0 Å². The molecule has 0 amide bonds. The van der Waals surface area contributed by atoms with Crippen LogP contribution in [0.1, 0.15) is 39.0 Å².